The maximum absolute atomic E-state index is 12.6. The van der Waals surface area contributed by atoms with Crippen LogP contribution in [0.1, 0.15) is 46.0 Å². The Balaban J connectivity index is 2.05. The largest absolute Gasteiger partial charge is 0.339 e. The second-order valence-electron chi connectivity index (χ2n) is 5.52. The first-order chi connectivity index (χ1) is 7.67. The van der Waals surface area contributed by atoms with E-state index in [-0.39, 0.29) is 5.41 Å². The van der Waals surface area contributed by atoms with Crippen LogP contribution in [-0.4, -0.2) is 36.5 Å². The maximum Gasteiger partial charge on any atom is 0.230 e. The van der Waals surface area contributed by atoms with E-state index in [1.165, 1.54) is 25.7 Å². The van der Waals surface area contributed by atoms with Gasteiger partial charge in [-0.3, -0.25) is 4.79 Å². The van der Waals surface area contributed by atoms with Crippen LogP contribution in [-0.2, 0) is 4.79 Å². The van der Waals surface area contributed by atoms with E-state index in [2.05, 4.69) is 24.1 Å². The number of nitrogens with zero attached hydrogens (tertiary/aromatic N) is 1. The SMILES string of the molecule is CCN(C(=O)C1(C)CCNC1)C1CCCC1. The van der Waals surface area contributed by atoms with Crippen LogP contribution < -0.4 is 5.32 Å². The maximum atomic E-state index is 12.6. The van der Waals surface area contributed by atoms with Crippen molar-refractivity contribution in [2.24, 2.45) is 5.41 Å². The topological polar surface area (TPSA) is 32.3 Å². The van der Waals surface area contributed by atoms with E-state index in [0.29, 0.717) is 11.9 Å². The van der Waals surface area contributed by atoms with Gasteiger partial charge in [-0.1, -0.05) is 12.8 Å². The molecule has 1 saturated carbocycles. The quantitative estimate of drug-likeness (QED) is 0.792. The van der Waals surface area contributed by atoms with Crippen LogP contribution in [0.25, 0.3) is 0 Å². The summed E-state index contributed by atoms with van der Waals surface area (Å²) in [5.41, 5.74) is -0.140. The minimum absolute atomic E-state index is 0.140. The molecular formula is C13H24N2O. The highest BCUT2D eigenvalue weighted by molar-refractivity contribution is 5.83. The summed E-state index contributed by atoms with van der Waals surface area (Å²) in [4.78, 5) is 14.7. The van der Waals surface area contributed by atoms with Crippen LogP contribution in [0, 0.1) is 5.41 Å². The monoisotopic (exact) mass is 224 g/mol. The van der Waals surface area contributed by atoms with Gasteiger partial charge < -0.3 is 10.2 Å². The third-order valence-electron chi connectivity index (χ3n) is 4.25. The van der Waals surface area contributed by atoms with Gasteiger partial charge in [0.2, 0.25) is 5.91 Å². The average Bonchev–Trinajstić information content (AvgIpc) is 2.91. The number of nitrogens with one attached hydrogen (secondary N) is 1. The lowest BCUT2D eigenvalue weighted by atomic mass is 9.87. The molecule has 2 rings (SSSR count). The second-order valence-corrected chi connectivity index (χ2v) is 5.52. The van der Waals surface area contributed by atoms with Gasteiger partial charge in [0, 0.05) is 19.1 Å². The zero-order valence-electron chi connectivity index (χ0n) is 10.6. The third-order valence-corrected chi connectivity index (χ3v) is 4.25. The van der Waals surface area contributed by atoms with Gasteiger partial charge in [-0.15, -0.1) is 0 Å². The van der Waals surface area contributed by atoms with Crippen molar-refractivity contribution in [2.75, 3.05) is 19.6 Å². The molecule has 0 aromatic heterocycles. The first-order valence-corrected chi connectivity index (χ1v) is 6.69. The van der Waals surface area contributed by atoms with Crippen molar-refractivity contribution in [3.8, 4) is 0 Å². The van der Waals surface area contributed by atoms with Crippen molar-refractivity contribution >= 4 is 5.91 Å². The zero-order chi connectivity index (χ0) is 11.6. The molecule has 0 aromatic carbocycles. The minimum Gasteiger partial charge on any atom is -0.339 e. The summed E-state index contributed by atoms with van der Waals surface area (Å²) in [5, 5.41) is 3.32. The highest BCUT2D eigenvalue weighted by Crippen LogP contribution is 2.31. The first-order valence-electron chi connectivity index (χ1n) is 6.69. The van der Waals surface area contributed by atoms with Gasteiger partial charge in [0.1, 0.15) is 0 Å². The van der Waals surface area contributed by atoms with E-state index in [1.54, 1.807) is 0 Å². The number of hydrogen-bond donors (Lipinski definition) is 1. The van der Waals surface area contributed by atoms with Gasteiger partial charge in [-0.25, -0.2) is 0 Å². The van der Waals surface area contributed by atoms with Crippen LogP contribution in [0.2, 0.25) is 0 Å². The van der Waals surface area contributed by atoms with Crippen LogP contribution in [0.5, 0.6) is 0 Å². The molecule has 1 saturated heterocycles. The number of hydrogen-bond acceptors (Lipinski definition) is 2. The van der Waals surface area contributed by atoms with E-state index in [4.69, 9.17) is 0 Å². The Hall–Kier alpha value is -0.570. The van der Waals surface area contributed by atoms with E-state index >= 15 is 0 Å². The summed E-state index contributed by atoms with van der Waals surface area (Å²) in [6, 6.07) is 0.523. The van der Waals surface area contributed by atoms with Gasteiger partial charge in [0.25, 0.3) is 0 Å². The van der Waals surface area contributed by atoms with Gasteiger partial charge in [-0.2, -0.15) is 0 Å². The van der Waals surface area contributed by atoms with Crippen molar-refractivity contribution in [1.29, 1.82) is 0 Å². The molecular weight excluding hydrogens is 200 g/mol. The standard InChI is InChI=1S/C13H24N2O/c1-3-15(11-6-4-5-7-11)12(16)13(2)8-9-14-10-13/h11,14H,3-10H2,1-2H3. The number of carbonyl (C=O) groups excluding carboxylic acids is 1. The molecule has 0 aromatic rings. The molecule has 92 valence electrons. The Kier molecular flexibility index (Phi) is 3.53. The summed E-state index contributed by atoms with van der Waals surface area (Å²) in [7, 11) is 0. The highest BCUT2D eigenvalue weighted by Gasteiger charge is 2.40. The van der Waals surface area contributed by atoms with E-state index in [1.807, 2.05) is 0 Å². The van der Waals surface area contributed by atoms with Crippen molar-refractivity contribution in [3.05, 3.63) is 0 Å². The molecule has 1 aliphatic carbocycles. The predicted molar refractivity (Wildman–Crippen MR) is 65.2 cm³/mol. The van der Waals surface area contributed by atoms with Crippen LogP contribution in [0.4, 0.5) is 0 Å². The van der Waals surface area contributed by atoms with Gasteiger partial charge >= 0.3 is 0 Å². The summed E-state index contributed by atoms with van der Waals surface area (Å²) in [6.45, 7) is 6.95. The normalized spacial score (nSPS) is 30.9. The minimum atomic E-state index is -0.140. The Morgan fingerprint density at radius 1 is 1.44 bits per heavy atom. The molecule has 1 atom stereocenters. The Morgan fingerprint density at radius 2 is 2.12 bits per heavy atom. The van der Waals surface area contributed by atoms with Gasteiger partial charge in [0.05, 0.1) is 5.41 Å². The molecule has 1 heterocycles. The lowest BCUT2D eigenvalue weighted by Gasteiger charge is -2.34. The van der Waals surface area contributed by atoms with E-state index in [0.717, 1.165) is 26.1 Å². The van der Waals surface area contributed by atoms with E-state index < -0.39 is 0 Å². The lowest BCUT2D eigenvalue weighted by molar-refractivity contribution is -0.142. The number of rotatable bonds is 3. The molecule has 1 amide bonds. The summed E-state index contributed by atoms with van der Waals surface area (Å²) in [5.74, 6) is 0.381. The molecule has 2 fully saturated rings. The van der Waals surface area contributed by atoms with Crippen LogP contribution in [0.3, 0.4) is 0 Å². The molecule has 16 heavy (non-hydrogen) atoms. The van der Waals surface area contributed by atoms with Crippen molar-refractivity contribution < 1.29 is 4.79 Å². The fourth-order valence-corrected chi connectivity index (χ4v) is 3.13. The Labute approximate surface area is 98.6 Å². The summed E-state index contributed by atoms with van der Waals surface area (Å²) in [6.07, 6.45) is 6.01. The van der Waals surface area contributed by atoms with Crippen molar-refractivity contribution in [3.63, 3.8) is 0 Å². The number of carbonyl (C=O) groups is 1. The third kappa shape index (κ3) is 2.10. The smallest absolute Gasteiger partial charge is 0.230 e. The van der Waals surface area contributed by atoms with Crippen molar-refractivity contribution in [1.82, 2.24) is 10.2 Å². The highest BCUT2D eigenvalue weighted by atomic mass is 16.2. The van der Waals surface area contributed by atoms with Gasteiger partial charge in [-0.05, 0) is 39.7 Å². The fourth-order valence-electron chi connectivity index (χ4n) is 3.13. The summed E-state index contributed by atoms with van der Waals surface area (Å²) < 4.78 is 0. The zero-order valence-corrected chi connectivity index (χ0v) is 10.6. The van der Waals surface area contributed by atoms with Crippen molar-refractivity contribution in [2.45, 2.75) is 52.0 Å². The molecule has 1 aliphatic heterocycles. The molecule has 0 radical (unpaired) electrons. The number of amides is 1. The molecule has 3 nitrogen and oxygen atoms in total. The second kappa shape index (κ2) is 4.74. The molecule has 0 spiro atoms. The molecule has 2 aliphatic rings. The van der Waals surface area contributed by atoms with Crippen LogP contribution >= 0.6 is 0 Å². The summed E-state index contributed by atoms with van der Waals surface area (Å²) >= 11 is 0. The van der Waals surface area contributed by atoms with Crippen LogP contribution in [0.15, 0.2) is 0 Å². The molecule has 1 unspecified atom stereocenters. The lowest BCUT2D eigenvalue weighted by Crippen LogP contribution is -2.47. The Morgan fingerprint density at radius 3 is 2.62 bits per heavy atom. The molecule has 1 N–H and O–H groups in total. The predicted octanol–water partition coefficient (Wildman–Crippen LogP) is 1.78. The van der Waals surface area contributed by atoms with E-state index in [9.17, 15) is 4.79 Å². The molecule has 0 bridgehead atoms. The Bertz CT molecular complexity index is 253. The average molecular weight is 224 g/mol. The first kappa shape index (κ1) is 11.9. The van der Waals surface area contributed by atoms with Gasteiger partial charge in [0.15, 0.2) is 0 Å². The molecule has 3 heteroatoms. The fraction of sp³-hybridized carbons (Fsp3) is 0.923.